The van der Waals surface area contributed by atoms with Crippen LogP contribution in [0, 0.1) is 10.1 Å². The zero-order chi connectivity index (χ0) is 12.8. The summed E-state index contributed by atoms with van der Waals surface area (Å²) >= 11 is 0. The lowest BCUT2D eigenvalue weighted by Gasteiger charge is -2.15. The monoisotopic (exact) mass is 242 g/mol. The maximum absolute atomic E-state index is 10.5. The van der Waals surface area contributed by atoms with Gasteiger partial charge in [0.2, 0.25) is 0 Å². The fourth-order valence-corrected chi connectivity index (χ4v) is 1.21. The minimum absolute atomic E-state index is 0.0199. The number of rotatable bonds is 6. The van der Waals surface area contributed by atoms with Gasteiger partial charge in [-0.3, -0.25) is 10.1 Å². The van der Waals surface area contributed by atoms with E-state index in [0.29, 0.717) is 5.69 Å². The number of ether oxygens (including phenoxy) is 1. The van der Waals surface area contributed by atoms with Crippen LogP contribution in [0.15, 0.2) is 24.3 Å². The van der Waals surface area contributed by atoms with Gasteiger partial charge in [0.15, 0.2) is 12.6 Å². The van der Waals surface area contributed by atoms with Gasteiger partial charge >= 0.3 is 0 Å². The van der Waals surface area contributed by atoms with Gasteiger partial charge in [-0.15, -0.1) is 0 Å². The summed E-state index contributed by atoms with van der Waals surface area (Å²) in [6, 6.07) is 5.87. The van der Waals surface area contributed by atoms with Crippen molar-refractivity contribution >= 4 is 11.4 Å². The molecule has 0 aliphatic carbocycles. The van der Waals surface area contributed by atoms with Crippen LogP contribution >= 0.6 is 0 Å². The molecule has 2 unspecified atom stereocenters. The number of anilines is 1. The zero-order valence-electron chi connectivity index (χ0n) is 9.24. The van der Waals surface area contributed by atoms with Crippen molar-refractivity contribution in [1.29, 1.82) is 0 Å². The number of hydrogen-bond donors (Lipinski definition) is 3. The molecular weight excluding hydrogens is 228 g/mol. The fraction of sp³-hybridized carbons (Fsp3) is 0.400. The number of aliphatic hydroxyl groups excluding tert-OH is 2. The summed E-state index contributed by atoms with van der Waals surface area (Å²) in [5, 5.41) is 31.4. The second-order valence-corrected chi connectivity index (χ2v) is 3.38. The van der Waals surface area contributed by atoms with E-state index in [2.05, 4.69) is 10.1 Å². The van der Waals surface area contributed by atoms with Gasteiger partial charge in [0, 0.05) is 17.8 Å². The lowest BCUT2D eigenvalue weighted by Crippen LogP contribution is -2.26. The Morgan fingerprint density at radius 2 is 2.24 bits per heavy atom. The van der Waals surface area contributed by atoms with Crippen molar-refractivity contribution < 1.29 is 19.9 Å². The number of hydrogen-bond acceptors (Lipinski definition) is 6. The van der Waals surface area contributed by atoms with Crippen molar-refractivity contribution in [1.82, 2.24) is 0 Å². The minimum atomic E-state index is -1.19. The first-order valence-electron chi connectivity index (χ1n) is 4.99. The van der Waals surface area contributed by atoms with Crippen molar-refractivity contribution in [3.05, 3.63) is 34.4 Å². The summed E-state index contributed by atoms with van der Waals surface area (Å²) in [7, 11) is 0. The Bertz CT molecular complexity index is 383. The molecule has 0 aromatic heterocycles. The van der Waals surface area contributed by atoms with Crippen LogP contribution < -0.4 is 5.32 Å². The van der Waals surface area contributed by atoms with Gasteiger partial charge in [0.1, 0.15) is 0 Å². The molecule has 2 atom stereocenters. The van der Waals surface area contributed by atoms with Crippen LogP contribution in [0.4, 0.5) is 11.4 Å². The number of nitro benzene ring substituents is 1. The van der Waals surface area contributed by atoms with Crippen molar-refractivity contribution in [2.45, 2.75) is 19.5 Å². The van der Waals surface area contributed by atoms with Crippen LogP contribution in [0.1, 0.15) is 6.92 Å². The van der Waals surface area contributed by atoms with E-state index in [9.17, 15) is 15.2 Å². The minimum Gasteiger partial charge on any atom is -0.380 e. The van der Waals surface area contributed by atoms with Gasteiger partial charge in [-0.05, 0) is 13.0 Å². The Kier molecular flexibility index (Phi) is 4.83. The van der Waals surface area contributed by atoms with Gasteiger partial charge in [0.25, 0.3) is 5.69 Å². The molecule has 0 heterocycles. The van der Waals surface area contributed by atoms with Crippen LogP contribution in [0.25, 0.3) is 0 Å². The van der Waals surface area contributed by atoms with Crippen molar-refractivity contribution in [2.75, 3.05) is 11.9 Å². The van der Waals surface area contributed by atoms with Crippen molar-refractivity contribution in [3.8, 4) is 0 Å². The van der Waals surface area contributed by atoms with E-state index in [1.165, 1.54) is 25.1 Å². The topological polar surface area (TPSA) is 105 Å². The first kappa shape index (κ1) is 13.4. The maximum Gasteiger partial charge on any atom is 0.271 e. The van der Waals surface area contributed by atoms with Crippen LogP contribution in [0.3, 0.4) is 0 Å². The largest absolute Gasteiger partial charge is 0.380 e. The Labute approximate surface area is 97.8 Å². The summed E-state index contributed by atoms with van der Waals surface area (Å²) in [6.45, 7) is 1.39. The molecule has 0 radical (unpaired) electrons. The molecule has 0 aliphatic heterocycles. The predicted molar refractivity (Wildman–Crippen MR) is 60.4 cm³/mol. The van der Waals surface area contributed by atoms with Gasteiger partial charge in [-0.1, -0.05) is 6.07 Å². The molecule has 0 amide bonds. The summed E-state index contributed by atoms with van der Waals surface area (Å²) in [4.78, 5) is 10.0. The third kappa shape index (κ3) is 4.77. The molecule has 0 spiro atoms. The highest BCUT2D eigenvalue weighted by Gasteiger charge is 2.09. The molecular formula is C10H14N2O5. The number of nitro groups is 1. The number of nitrogens with zero attached hydrogens (tertiary/aromatic N) is 1. The van der Waals surface area contributed by atoms with Crippen LogP contribution in [-0.4, -0.2) is 34.3 Å². The highest BCUT2D eigenvalue weighted by Crippen LogP contribution is 2.16. The Morgan fingerprint density at radius 1 is 1.53 bits per heavy atom. The summed E-state index contributed by atoms with van der Waals surface area (Å²) in [5.74, 6) is 0. The molecule has 0 fully saturated rings. The summed E-state index contributed by atoms with van der Waals surface area (Å²) in [6.07, 6.45) is -2.26. The average Bonchev–Trinajstić information content (AvgIpc) is 2.26. The van der Waals surface area contributed by atoms with E-state index in [1.54, 1.807) is 6.07 Å². The number of benzene rings is 1. The molecule has 3 N–H and O–H groups in total. The van der Waals surface area contributed by atoms with Crippen molar-refractivity contribution in [3.63, 3.8) is 0 Å². The molecule has 7 heteroatoms. The van der Waals surface area contributed by atoms with Crippen molar-refractivity contribution in [2.24, 2.45) is 0 Å². The molecule has 0 saturated carbocycles. The molecule has 1 rings (SSSR count). The first-order valence-corrected chi connectivity index (χ1v) is 4.99. The molecule has 0 aliphatic rings. The van der Waals surface area contributed by atoms with E-state index in [-0.39, 0.29) is 12.2 Å². The Balaban J connectivity index is 2.51. The first-order chi connectivity index (χ1) is 7.99. The van der Waals surface area contributed by atoms with E-state index >= 15 is 0 Å². The highest BCUT2D eigenvalue weighted by atomic mass is 16.7. The SMILES string of the molecule is CC(O)OC(O)CNc1cccc([N+](=O)[O-])c1. The lowest BCUT2D eigenvalue weighted by atomic mass is 10.3. The average molecular weight is 242 g/mol. The van der Waals surface area contributed by atoms with E-state index in [1.807, 2.05) is 0 Å². The molecule has 0 bridgehead atoms. The Morgan fingerprint density at radius 3 is 2.82 bits per heavy atom. The highest BCUT2D eigenvalue weighted by molar-refractivity contribution is 5.50. The molecule has 94 valence electrons. The van der Waals surface area contributed by atoms with Gasteiger partial charge in [0.05, 0.1) is 11.5 Å². The normalized spacial score (nSPS) is 14.1. The molecule has 7 nitrogen and oxygen atoms in total. The van der Waals surface area contributed by atoms with Gasteiger partial charge in [-0.2, -0.15) is 0 Å². The second-order valence-electron chi connectivity index (χ2n) is 3.38. The Hall–Kier alpha value is -1.70. The predicted octanol–water partition coefficient (Wildman–Crippen LogP) is 0.680. The van der Waals surface area contributed by atoms with Crippen LogP contribution in [0.5, 0.6) is 0 Å². The third-order valence-electron chi connectivity index (χ3n) is 1.89. The standard InChI is InChI=1S/C10H14N2O5/c1-7(13)17-10(14)6-11-8-3-2-4-9(5-8)12(15)16/h2-5,7,10-11,13-14H,6H2,1H3. The van der Waals surface area contributed by atoms with Crippen LogP contribution in [0.2, 0.25) is 0 Å². The second kappa shape index (κ2) is 6.14. The summed E-state index contributed by atoms with van der Waals surface area (Å²) in [5.41, 5.74) is 0.452. The molecule has 1 aromatic carbocycles. The number of non-ortho nitro benzene ring substituents is 1. The van der Waals surface area contributed by atoms with Gasteiger partial charge in [-0.25, -0.2) is 0 Å². The zero-order valence-corrected chi connectivity index (χ0v) is 9.24. The quantitative estimate of drug-likeness (QED) is 0.385. The number of nitrogens with one attached hydrogen (secondary N) is 1. The smallest absolute Gasteiger partial charge is 0.271 e. The van der Waals surface area contributed by atoms with E-state index in [4.69, 9.17) is 5.11 Å². The van der Waals surface area contributed by atoms with Crippen LogP contribution in [-0.2, 0) is 4.74 Å². The van der Waals surface area contributed by atoms with Gasteiger partial charge < -0.3 is 20.3 Å². The molecule has 1 aromatic rings. The number of aliphatic hydroxyl groups is 2. The molecule has 17 heavy (non-hydrogen) atoms. The third-order valence-corrected chi connectivity index (χ3v) is 1.89. The van der Waals surface area contributed by atoms with E-state index in [0.717, 1.165) is 0 Å². The fourth-order valence-electron chi connectivity index (χ4n) is 1.21. The van der Waals surface area contributed by atoms with E-state index < -0.39 is 17.5 Å². The molecule has 0 saturated heterocycles. The maximum atomic E-state index is 10.5. The lowest BCUT2D eigenvalue weighted by molar-refractivity contribution is -0.384. The summed E-state index contributed by atoms with van der Waals surface area (Å²) < 4.78 is 4.66.